The Hall–Kier alpha value is -1.07. The molecule has 3 rings (SSSR count). The van der Waals surface area contributed by atoms with Gasteiger partial charge in [-0.15, -0.1) is 0 Å². The van der Waals surface area contributed by atoms with E-state index in [-0.39, 0.29) is 12.6 Å². The van der Waals surface area contributed by atoms with Crippen LogP contribution in [-0.4, -0.2) is 21.3 Å². The molecule has 1 N–H and O–H groups in total. The smallest absolute Gasteiger partial charge is 0.176 e. The van der Waals surface area contributed by atoms with Gasteiger partial charge in [0.25, 0.3) is 0 Å². The van der Waals surface area contributed by atoms with E-state index in [1.807, 2.05) is 18.3 Å². The van der Waals surface area contributed by atoms with Gasteiger partial charge in [0.15, 0.2) is 16.3 Å². The van der Waals surface area contributed by atoms with E-state index in [2.05, 4.69) is 25.5 Å². The van der Waals surface area contributed by atoms with E-state index in [4.69, 9.17) is 4.42 Å². The van der Waals surface area contributed by atoms with Gasteiger partial charge in [0.05, 0.1) is 12.6 Å². The number of aryl methyl sites for hydroxylation is 1. The zero-order chi connectivity index (χ0) is 11.8. The van der Waals surface area contributed by atoms with Gasteiger partial charge in [-0.3, -0.25) is 0 Å². The molecular formula is C12H13BrN2O2. The van der Waals surface area contributed by atoms with Crippen molar-refractivity contribution >= 4 is 15.9 Å². The van der Waals surface area contributed by atoms with Crippen LogP contribution in [-0.2, 0) is 6.42 Å². The third-order valence-electron chi connectivity index (χ3n) is 3.21. The van der Waals surface area contributed by atoms with Crippen molar-refractivity contribution in [3.8, 4) is 11.6 Å². The van der Waals surface area contributed by atoms with Crippen molar-refractivity contribution in [3.05, 3.63) is 28.7 Å². The van der Waals surface area contributed by atoms with Crippen molar-refractivity contribution in [3.63, 3.8) is 0 Å². The molecule has 5 heteroatoms. The fraction of sp³-hybridized carbons (Fsp3) is 0.417. The summed E-state index contributed by atoms with van der Waals surface area (Å²) in [5.74, 6) is 1.55. The molecule has 0 spiro atoms. The second-order valence-electron chi connectivity index (χ2n) is 4.28. The Labute approximate surface area is 107 Å². The van der Waals surface area contributed by atoms with Crippen LogP contribution in [0, 0.1) is 0 Å². The van der Waals surface area contributed by atoms with Crippen LogP contribution in [0.2, 0.25) is 0 Å². The van der Waals surface area contributed by atoms with Gasteiger partial charge < -0.3 is 14.1 Å². The molecule has 2 aromatic heterocycles. The summed E-state index contributed by atoms with van der Waals surface area (Å²) in [5, 5.41) is 9.44. The molecule has 0 aromatic carbocycles. The molecule has 1 atom stereocenters. The minimum absolute atomic E-state index is 0.125. The first-order chi connectivity index (χ1) is 8.29. The van der Waals surface area contributed by atoms with Gasteiger partial charge in [0.1, 0.15) is 0 Å². The lowest BCUT2D eigenvalue weighted by Gasteiger charge is -2.25. The Morgan fingerprint density at radius 1 is 1.53 bits per heavy atom. The predicted octanol–water partition coefficient (Wildman–Crippen LogP) is 2.78. The molecule has 4 nitrogen and oxygen atoms in total. The van der Waals surface area contributed by atoms with Crippen LogP contribution in [0.25, 0.3) is 11.6 Å². The Balaban J connectivity index is 2.09. The molecule has 0 radical (unpaired) electrons. The number of halogens is 1. The maximum Gasteiger partial charge on any atom is 0.176 e. The second-order valence-corrected chi connectivity index (χ2v) is 5.06. The fourth-order valence-electron chi connectivity index (χ4n) is 2.43. The van der Waals surface area contributed by atoms with Crippen LogP contribution in [0.3, 0.4) is 0 Å². The molecule has 0 saturated carbocycles. The van der Waals surface area contributed by atoms with Crippen molar-refractivity contribution in [2.75, 3.05) is 6.61 Å². The molecule has 1 aliphatic heterocycles. The minimum atomic E-state index is 0.125. The number of rotatable bonds is 2. The summed E-state index contributed by atoms with van der Waals surface area (Å²) in [6.45, 7) is 0.151. The van der Waals surface area contributed by atoms with Crippen LogP contribution < -0.4 is 0 Å². The van der Waals surface area contributed by atoms with Gasteiger partial charge in [0.2, 0.25) is 0 Å². The molecule has 1 unspecified atom stereocenters. The summed E-state index contributed by atoms with van der Waals surface area (Å²) in [5.41, 5.74) is 1.18. The molecule has 0 fully saturated rings. The number of imidazole rings is 1. The molecular weight excluding hydrogens is 284 g/mol. The van der Waals surface area contributed by atoms with Crippen molar-refractivity contribution in [2.24, 2.45) is 0 Å². The lowest BCUT2D eigenvalue weighted by atomic mass is 10.0. The molecule has 0 amide bonds. The fourth-order valence-corrected chi connectivity index (χ4v) is 2.73. The normalized spacial score (nSPS) is 19.3. The summed E-state index contributed by atoms with van der Waals surface area (Å²) in [7, 11) is 0. The lowest BCUT2D eigenvalue weighted by molar-refractivity contribution is 0.208. The number of aliphatic hydroxyl groups is 1. The molecule has 0 saturated heterocycles. The molecule has 1 aliphatic rings. The van der Waals surface area contributed by atoms with E-state index in [0.717, 1.165) is 30.8 Å². The van der Waals surface area contributed by atoms with Gasteiger partial charge in [-0.05, 0) is 47.3 Å². The van der Waals surface area contributed by atoms with E-state index in [0.29, 0.717) is 4.67 Å². The number of aliphatic hydroxyl groups excluding tert-OH is 1. The van der Waals surface area contributed by atoms with Crippen LogP contribution in [0.15, 0.2) is 27.4 Å². The van der Waals surface area contributed by atoms with Gasteiger partial charge in [-0.1, -0.05) is 0 Å². The topological polar surface area (TPSA) is 51.2 Å². The minimum Gasteiger partial charge on any atom is -0.446 e. The zero-order valence-corrected chi connectivity index (χ0v) is 10.9. The highest BCUT2D eigenvalue weighted by Gasteiger charge is 2.24. The van der Waals surface area contributed by atoms with E-state index < -0.39 is 0 Å². The summed E-state index contributed by atoms with van der Waals surface area (Å²) >= 11 is 3.29. The largest absolute Gasteiger partial charge is 0.446 e. The number of aromatic nitrogens is 2. The van der Waals surface area contributed by atoms with E-state index in [1.54, 1.807) is 0 Å². The maximum absolute atomic E-state index is 9.44. The van der Waals surface area contributed by atoms with Crippen molar-refractivity contribution in [1.29, 1.82) is 0 Å². The highest BCUT2D eigenvalue weighted by Crippen LogP contribution is 2.32. The monoisotopic (exact) mass is 296 g/mol. The Morgan fingerprint density at radius 3 is 3.12 bits per heavy atom. The van der Waals surface area contributed by atoms with E-state index >= 15 is 0 Å². The number of furan rings is 1. The number of fused-ring (bicyclic) bond motifs is 1. The first kappa shape index (κ1) is 11.0. The molecule has 2 aromatic rings. The maximum atomic E-state index is 9.44. The molecule has 0 bridgehead atoms. The highest BCUT2D eigenvalue weighted by atomic mass is 79.9. The standard InChI is InChI=1S/C12H13BrN2O2/c13-11-5-4-10(17-11)12-14-6-8-2-1-3-9(7-16)15(8)12/h4-6,9,16H,1-3,7H2. The van der Waals surface area contributed by atoms with Crippen LogP contribution in [0.5, 0.6) is 0 Å². The SMILES string of the molecule is OCC1CCCc2cnc(-c3ccc(Br)o3)n21. The average Bonchev–Trinajstić information content (AvgIpc) is 2.94. The van der Waals surface area contributed by atoms with Crippen LogP contribution in [0.4, 0.5) is 0 Å². The Bertz CT molecular complexity index is 532. The van der Waals surface area contributed by atoms with Crippen molar-refractivity contribution < 1.29 is 9.52 Å². The summed E-state index contributed by atoms with van der Waals surface area (Å²) in [6.07, 6.45) is 5.01. The third kappa shape index (κ3) is 1.83. The van der Waals surface area contributed by atoms with E-state index in [9.17, 15) is 5.11 Å². The Morgan fingerprint density at radius 2 is 2.41 bits per heavy atom. The quantitative estimate of drug-likeness (QED) is 0.927. The first-order valence-electron chi connectivity index (χ1n) is 5.72. The summed E-state index contributed by atoms with van der Waals surface area (Å²) < 4.78 is 8.34. The summed E-state index contributed by atoms with van der Waals surface area (Å²) in [6, 6.07) is 3.87. The second kappa shape index (κ2) is 4.31. The third-order valence-corrected chi connectivity index (χ3v) is 3.64. The molecule has 3 heterocycles. The average molecular weight is 297 g/mol. The molecule has 90 valence electrons. The highest BCUT2D eigenvalue weighted by molar-refractivity contribution is 9.10. The van der Waals surface area contributed by atoms with Crippen LogP contribution >= 0.6 is 15.9 Å². The first-order valence-corrected chi connectivity index (χ1v) is 6.51. The van der Waals surface area contributed by atoms with Crippen molar-refractivity contribution in [1.82, 2.24) is 9.55 Å². The zero-order valence-electron chi connectivity index (χ0n) is 9.27. The van der Waals surface area contributed by atoms with Gasteiger partial charge in [-0.2, -0.15) is 0 Å². The number of hydrogen-bond acceptors (Lipinski definition) is 3. The van der Waals surface area contributed by atoms with Gasteiger partial charge in [0, 0.05) is 11.9 Å². The van der Waals surface area contributed by atoms with Gasteiger partial charge in [-0.25, -0.2) is 4.98 Å². The number of nitrogens with zero attached hydrogens (tertiary/aromatic N) is 2. The van der Waals surface area contributed by atoms with E-state index in [1.165, 1.54) is 5.69 Å². The van der Waals surface area contributed by atoms with Crippen LogP contribution in [0.1, 0.15) is 24.6 Å². The van der Waals surface area contributed by atoms with Crippen molar-refractivity contribution in [2.45, 2.75) is 25.3 Å². The molecule has 0 aliphatic carbocycles. The summed E-state index contributed by atoms with van der Waals surface area (Å²) in [4.78, 5) is 4.42. The van der Waals surface area contributed by atoms with Gasteiger partial charge >= 0.3 is 0 Å². The predicted molar refractivity (Wildman–Crippen MR) is 66.7 cm³/mol. The lowest BCUT2D eigenvalue weighted by Crippen LogP contribution is -2.21. The molecule has 17 heavy (non-hydrogen) atoms. The Kier molecular flexibility index (Phi) is 2.80. The number of hydrogen-bond donors (Lipinski definition) is 1.